The van der Waals surface area contributed by atoms with E-state index in [0.717, 1.165) is 42.4 Å². The highest BCUT2D eigenvalue weighted by atomic mass is 16.5. The highest BCUT2D eigenvalue weighted by Crippen LogP contribution is 2.65. The molecule has 4 fully saturated rings. The lowest BCUT2D eigenvalue weighted by Gasteiger charge is -2.57. The van der Waals surface area contributed by atoms with Crippen LogP contribution in [0.3, 0.4) is 0 Å². The van der Waals surface area contributed by atoms with Crippen LogP contribution in [0.4, 0.5) is 0 Å². The second kappa shape index (κ2) is 6.79. The van der Waals surface area contributed by atoms with Crippen LogP contribution in [0.2, 0.25) is 0 Å². The summed E-state index contributed by atoms with van der Waals surface area (Å²) < 4.78 is 5.26. The Balaban J connectivity index is 1.47. The van der Waals surface area contributed by atoms with Crippen LogP contribution in [0.25, 0.3) is 0 Å². The SMILES string of the molecule is CCOC(=O)C[C@H]1CC[C@H]2[C@@H]3CC[C@@H]4C[C@](C)(O)CC[C@@H]4[C@H]3CC[C@]12C. The van der Waals surface area contributed by atoms with Crippen molar-refractivity contribution in [1.82, 2.24) is 0 Å². The van der Waals surface area contributed by atoms with Gasteiger partial charge >= 0.3 is 5.97 Å². The summed E-state index contributed by atoms with van der Waals surface area (Å²) in [5.41, 5.74) is -0.0732. The van der Waals surface area contributed by atoms with Gasteiger partial charge in [0.2, 0.25) is 0 Å². The molecule has 26 heavy (non-hydrogen) atoms. The van der Waals surface area contributed by atoms with Gasteiger partial charge in [-0.2, -0.15) is 0 Å². The van der Waals surface area contributed by atoms with Crippen LogP contribution in [0.1, 0.15) is 85.0 Å². The Morgan fingerprint density at radius 2 is 1.77 bits per heavy atom. The quantitative estimate of drug-likeness (QED) is 0.722. The van der Waals surface area contributed by atoms with Crippen LogP contribution < -0.4 is 0 Å². The van der Waals surface area contributed by atoms with Crippen molar-refractivity contribution in [2.24, 2.45) is 40.9 Å². The predicted octanol–water partition coefficient (Wildman–Crippen LogP) is 4.96. The Bertz CT molecular complexity index is 542. The van der Waals surface area contributed by atoms with E-state index >= 15 is 0 Å². The second-order valence-corrected chi connectivity index (χ2v) is 10.5. The maximum Gasteiger partial charge on any atom is 0.306 e. The standard InChI is InChI=1S/C23H38O3/c1-4-26-21(24)13-16-6-8-20-19-7-5-15-14-22(2,25)11-9-17(15)18(19)10-12-23(16,20)3/h15-20,25H,4-14H2,1-3H3/t15-,16-,17+,18-,19-,20+,22-,23-/m1/s1. The van der Waals surface area contributed by atoms with Gasteiger partial charge < -0.3 is 9.84 Å². The van der Waals surface area contributed by atoms with E-state index < -0.39 is 5.60 Å². The van der Waals surface area contributed by atoms with E-state index in [1.807, 2.05) is 13.8 Å². The molecule has 0 heterocycles. The molecule has 0 aromatic rings. The molecule has 1 N–H and O–H groups in total. The molecule has 0 unspecified atom stereocenters. The minimum absolute atomic E-state index is 0.0136. The van der Waals surface area contributed by atoms with Crippen molar-refractivity contribution in [3.8, 4) is 0 Å². The van der Waals surface area contributed by atoms with Crippen LogP contribution in [0, 0.1) is 40.9 Å². The molecule has 0 aliphatic heterocycles. The summed E-state index contributed by atoms with van der Waals surface area (Å²) >= 11 is 0. The number of esters is 1. The topological polar surface area (TPSA) is 46.5 Å². The molecule has 0 aromatic heterocycles. The van der Waals surface area contributed by atoms with E-state index in [1.165, 1.54) is 44.9 Å². The van der Waals surface area contributed by atoms with Crippen molar-refractivity contribution in [2.75, 3.05) is 6.61 Å². The summed E-state index contributed by atoms with van der Waals surface area (Å²) in [7, 11) is 0. The number of hydrogen-bond donors (Lipinski definition) is 1. The van der Waals surface area contributed by atoms with Crippen molar-refractivity contribution < 1.29 is 14.6 Å². The van der Waals surface area contributed by atoms with E-state index in [2.05, 4.69) is 6.92 Å². The fourth-order valence-electron chi connectivity index (χ4n) is 7.95. The second-order valence-electron chi connectivity index (χ2n) is 10.5. The Morgan fingerprint density at radius 1 is 1.00 bits per heavy atom. The van der Waals surface area contributed by atoms with Gasteiger partial charge in [0, 0.05) is 6.42 Å². The van der Waals surface area contributed by atoms with Crippen molar-refractivity contribution in [3.05, 3.63) is 0 Å². The van der Waals surface area contributed by atoms with Crippen molar-refractivity contribution >= 4 is 5.97 Å². The third-order valence-corrected chi connectivity index (χ3v) is 9.15. The first-order valence-electron chi connectivity index (χ1n) is 11.2. The number of carbonyl (C=O) groups is 1. The third-order valence-electron chi connectivity index (χ3n) is 9.15. The van der Waals surface area contributed by atoms with Gasteiger partial charge in [-0.05, 0) is 113 Å². The van der Waals surface area contributed by atoms with Gasteiger partial charge in [-0.15, -0.1) is 0 Å². The van der Waals surface area contributed by atoms with E-state index in [0.29, 0.717) is 24.4 Å². The number of rotatable bonds is 3. The van der Waals surface area contributed by atoms with Crippen LogP contribution in [-0.2, 0) is 9.53 Å². The zero-order valence-electron chi connectivity index (χ0n) is 17.0. The van der Waals surface area contributed by atoms with Gasteiger partial charge in [0.15, 0.2) is 0 Å². The van der Waals surface area contributed by atoms with Gasteiger partial charge in [-0.25, -0.2) is 0 Å². The third kappa shape index (κ3) is 3.12. The lowest BCUT2D eigenvalue weighted by molar-refractivity contribution is -0.146. The molecule has 0 spiro atoms. The Morgan fingerprint density at radius 3 is 2.54 bits per heavy atom. The van der Waals surface area contributed by atoms with Gasteiger partial charge in [-0.3, -0.25) is 4.79 Å². The van der Waals surface area contributed by atoms with Gasteiger partial charge in [0.25, 0.3) is 0 Å². The Hall–Kier alpha value is -0.570. The maximum atomic E-state index is 12.1. The molecule has 4 aliphatic carbocycles. The normalized spacial score (nSPS) is 50.5. The average Bonchev–Trinajstić information content (AvgIpc) is 2.90. The molecule has 0 amide bonds. The van der Waals surface area contributed by atoms with Gasteiger partial charge in [0.1, 0.15) is 0 Å². The van der Waals surface area contributed by atoms with Crippen LogP contribution in [0.15, 0.2) is 0 Å². The van der Waals surface area contributed by atoms with Crippen molar-refractivity contribution in [3.63, 3.8) is 0 Å². The molecule has 0 radical (unpaired) electrons. The van der Waals surface area contributed by atoms with Crippen molar-refractivity contribution in [2.45, 2.75) is 90.6 Å². The summed E-state index contributed by atoms with van der Waals surface area (Å²) in [6.45, 7) is 6.94. The highest BCUT2D eigenvalue weighted by molar-refractivity contribution is 5.69. The molecule has 0 aromatic carbocycles. The Labute approximate surface area is 159 Å². The number of fused-ring (bicyclic) bond motifs is 5. The minimum Gasteiger partial charge on any atom is -0.466 e. The summed E-state index contributed by atoms with van der Waals surface area (Å²) in [4.78, 5) is 12.1. The van der Waals surface area contributed by atoms with E-state index in [4.69, 9.17) is 4.74 Å². The molecule has 3 nitrogen and oxygen atoms in total. The summed E-state index contributed by atoms with van der Waals surface area (Å²) in [6.07, 6.45) is 11.7. The molecular weight excluding hydrogens is 324 g/mol. The molecule has 4 rings (SSSR count). The molecule has 4 saturated carbocycles. The lowest BCUT2D eigenvalue weighted by Crippen LogP contribution is -2.50. The zero-order chi connectivity index (χ0) is 18.5. The van der Waals surface area contributed by atoms with Gasteiger partial charge in [0.05, 0.1) is 12.2 Å². The number of aliphatic hydroxyl groups is 1. The number of ether oxygens (including phenoxy) is 1. The molecule has 3 heteroatoms. The first-order chi connectivity index (χ1) is 12.3. The molecule has 8 atom stereocenters. The first kappa shape index (κ1) is 18.8. The van der Waals surface area contributed by atoms with E-state index in [-0.39, 0.29) is 5.97 Å². The number of carbonyl (C=O) groups excluding carboxylic acids is 1. The lowest BCUT2D eigenvalue weighted by atomic mass is 9.49. The van der Waals surface area contributed by atoms with Crippen LogP contribution >= 0.6 is 0 Å². The monoisotopic (exact) mass is 362 g/mol. The molecule has 0 bridgehead atoms. The summed E-state index contributed by atoms with van der Waals surface area (Å²) in [5, 5.41) is 10.5. The Kier molecular flexibility index (Phi) is 4.91. The smallest absolute Gasteiger partial charge is 0.306 e. The minimum atomic E-state index is -0.421. The highest BCUT2D eigenvalue weighted by Gasteiger charge is 2.57. The molecule has 148 valence electrons. The fraction of sp³-hybridized carbons (Fsp3) is 0.957. The average molecular weight is 363 g/mol. The summed E-state index contributed by atoms with van der Waals surface area (Å²) in [5.74, 6) is 4.69. The molecular formula is C23H38O3. The van der Waals surface area contributed by atoms with Gasteiger partial charge in [-0.1, -0.05) is 6.92 Å². The van der Waals surface area contributed by atoms with Crippen LogP contribution in [0.5, 0.6) is 0 Å². The number of hydrogen-bond acceptors (Lipinski definition) is 3. The van der Waals surface area contributed by atoms with Crippen molar-refractivity contribution in [1.29, 1.82) is 0 Å². The molecule has 0 saturated heterocycles. The van der Waals surface area contributed by atoms with Crippen LogP contribution in [-0.4, -0.2) is 23.3 Å². The van der Waals surface area contributed by atoms with E-state index in [1.54, 1.807) is 0 Å². The maximum absolute atomic E-state index is 12.1. The summed E-state index contributed by atoms with van der Waals surface area (Å²) in [6, 6.07) is 0. The predicted molar refractivity (Wildman–Crippen MR) is 102 cm³/mol. The van der Waals surface area contributed by atoms with E-state index in [9.17, 15) is 9.90 Å². The first-order valence-corrected chi connectivity index (χ1v) is 11.2. The zero-order valence-corrected chi connectivity index (χ0v) is 17.0. The largest absolute Gasteiger partial charge is 0.466 e. The fourth-order valence-corrected chi connectivity index (χ4v) is 7.95. The molecule has 4 aliphatic rings.